The zero-order valence-corrected chi connectivity index (χ0v) is 11.5. The third-order valence-electron chi connectivity index (χ3n) is 3.71. The highest BCUT2D eigenvalue weighted by Crippen LogP contribution is 2.31. The Bertz CT molecular complexity index is 730. The van der Waals surface area contributed by atoms with E-state index in [1.54, 1.807) is 0 Å². The third kappa shape index (κ3) is 1.95. The van der Waals surface area contributed by atoms with E-state index in [-0.39, 0.29) is 29.7 Å². The maximum atomic E-state index is 13.7. The Hall–Kier alpha value is -2.77. The number of piperidine rings is 1. The number of benzene rings is 1. The first kappa shape index (κ1) is 14.2. The van der Waals surface area contributed by atoms with Gasteiger partial charge in [-0.1, -0.05) is 0 Å². The molecular weight excluding hydrogens is 295 g/mol. The zero-order chi connectivity index (χ0) is 16.0. The number of nitrogens with zero attached hydrogens (tertiary/aromatic N) is 1. The molecule has 1 saturated heterocycles. The van der Waals surface area contributed by atoms with Crippen LogP contribution in [0.3, 0.4) is 0 Å². The molecule has 114 valence electrons. The van der Waals surface area contributed by atoms with E-state index in [2.05, 4.69) is 5.32 Å². The van der Waals surface area contributed by atoms with Gasteiger partial charge in [0.25, 0.3) is 11.8 Å². The Morgan fingerprint density at radius 1 is 1.18 bits per heavy atom. The van der Waals surface area contributed by atoms with Crippen molar-refractivity contribution in [3.8, 4) is 5.75 Å². The SMILES string of the molecule is COc1cc2c(cc1F)C(=O)N(C1CCC(=O)NC1=O)C2=O. The molecule has 8 heteroatoms. The molecule has 0 saturated carbocycles. The fraction of sp³-hybridized carbons (Fsp3) is 0.286. The van der Waals surface area contributed by atoms with Crippen molar-refractivity contribution in [3.63, 3.8) is 0 Å². The van der Waals surface area contributed by atoms with Crippen LogP contribution in [0.2, 0.25) is 0 Å². The second-order valence-corrected chi connectivity index (χ2v) is 4.98. The molecule has 4 amide bonds. The van der Waals surface area contributed by atoms with Gasteiger partial charge in [-0.15, -0.1) is 0 Å². The smallest absolute Gasteiger partial charge is 0.262 e. The Labute approximate surface area is 124 Å². The number of hydrogen-bond acceptors (Lipinski definition) is 5. The molecule has 7 nitrogen and oxygen atoms in total. The summed E-state index contributed by atoms with van der Waals surface area (Å²) in [5.74, 6) is -3.55. The molecule has 0 radical (unpaired) electrons. The van der Waals surface area contributed by atoms with E-state index in [1.165, 1.54) is 7.11 Å². The largest absolute Gasteiger partial charge is 0.494 e. The van der Waals surface area contributed by atoms with Crippen molar-refractivity contribution < 1.29 is 28.3 Å². The van der Waals surface area contributed by atoms with Crippen LogP contribution in [0, 0.1) is 5.82 Å². The first-order valence-electron chi connectivity index (χ1n) is 6.53. The van der Waals surface area contributed by atoms with E-state index >= 15 is 0 Å². The Kier molecular flexibility index (Phi) is 3.16. The first-order chi connectivity index (χ1) is 10.4. The average molecular weight is 306 g/mol. The standard InChI is InChI=1S/C14H11FN2O5/c1-22-10-5-7-6(4-8(10)15)13(20)17(14(7)21)9-2-3-11(18)16-12(9)19/h4-5,9H,2-3H2,1H3,(H,16,18,19). The molecule has 0 aliphatic carbocycles. The van der Waals surface area contributed by atoms with Gasteiger partial charge in [-0.2, -0.15) is 0 Å². The number of methoxy groups -OCH3 is 1. The molecule has 0 aromatic heterocycles. The van der Waals surface area contributed by atoms with E-state index in [0.717, 1.165) is 17.0 Å². The first-order valence-corrected chi connectivity index (χ1v) is 6.53. The molecular formula is C14H11FN2O5. The molecule has 2 aliphatic heterocycles. The van der Waals surface area contributed by atoms with E-state index < -0.39 is 35.5 Å². The van der Waals surface area contributed by atoms with Gasteiger partial charge in [0.05, 0.1) is 18.2 Å². The second kappa shape index (κ2) is 4.90. The maximum Gasteiger partial charge on any atom is 0.262 e. The minimum Gasteiger partial charge on any atom is -0.494 e. The summed E-state index contributed by atoms with van der Waals surface area (Å²) in [6, 6.07) is 0.982. The quantitative estimate of drug-likeness (QED) is 0.790. The molecule has 2 aliphatic rings. The van der Waals surface area contributed by atoms with Gasteiger partial charge in [-0.05, 0) is 18.6 Å². The fourth-order valence-electron chi connectivity index (χ4n) is 2.63. The second-order valence-electron chi connectivity index (χ2n) is 4.98. The molecule has 0 bridgehead atoms. The highest BCUT2D eigenvalue weighted by molar-refractivity contribution is 6.23. The van der Waals surface area contributed by atoms with Crippen molar-refractivity contribution in [1.29, 1.82) is 0 Å². The van der Waals surface area contributed by atoms with Crippen molar-refractivity contribution in [2.75, 3.05) is 7.11 Å². The number of amides is 4. The number of carbonyl (C=O) groups excluding carboxylic acids is 4. The molecule has 3 rings (SSSR count). The molecule has 1 fully saturated rings. The van der Waals surface area contributed by atoms with Gasteiger partial charge in [-0.3, -0.25) is 29.4 Å². The number of fused-ring (bicyclic) bond motifs is 1. The summed E-state index contributed by atoms with van der Waals surface area (Å²) in [4.78, 5) is 48.5. The topological polar surface area (TPSA) is 92.8 Å². The predicted molar refractivity (Wildman–Crippen MR) is 69.6 cm³/mol. The molecule has 2 heterocycles. The number of rotatable bonds is 2. The number of imide groups is 2. The molecule has 0 spiro atoms. The molecule has 22 heavy (non-hydrogen) atoms. The Balaban J connectivity index is 2.00. The van der Waals surface area contributed by atoms with Crippen LogP contribution >= 0.6 is 0 Å². The lowest BCUT2D eigenvalue weighted by molar-refractivity contribution is -0.136. The van der Waals surface area contributed by atoms with Gasteiger partial charge in [0.2, 0.25) is 11.8 Å². The molecule has 1 atom stereocenters. The van der Waals surface area contributed by atoms with Crippen molar-refractivity contribution >= 4 is 23.6 Å². The van der Waals surface area contributed by atoms with E-state index in [4.69, 9.17) is 4.74 Å². The average Bonchev–Trinajstić information content (AvgIpc) is 2.70. The zero-order valence-electron chi connectivity index (χ0n) is 11.5. The Morgan fingerprint density at radius 3 is 2.41 bits per heavy atom. The lowest BCUT2D eigenvalue weighted by Crippen LogP contribution is -2.54. The summed E-state index contributed by atoms with van der Waals surface area (Å²) in [7, 11) is 1.24. The van der Waals surface area contributed by atoms with Gasteiger partial charge in [0, 0.05) is 6.42 Å². The summed E-state index contributed by atoms with van der Waals surface area (Å²) in [5, 5.41) is 2.09. The number of hydrogen-bond donors (Lipinski definition) is 1. The minimum absolute atomic E-state index is 0.0204. The Morgan fingerprint density at radius 2 is 1.82 bits per heavy atom. The van der Waals surface area contributed by atoms with Crippen LogP contribution in [0.25, 0.3) is 0 Å². The van der Waals surface area contributed by atoms with Crippen LogP contribution in [0.15, 0.2) is 12.1 Å². The van der Waals surface area contributed by atoms with Crippen molar-refractivity contribution in [2.24, 2.45) is 0 Å². The van der Waals surface area contributed by atoms with Crippen LogP contribution in [0.5, 0.6) is 5.75 Å². The summed E-state index contributed by atoms with van der Waals surface area (Å²) >= 11 is 0. The third-order valence-corrected chi connectivity index (χ3v) is 3.71. The maximum absolute atomic E-state index is 13.7. The van der Waals surface area contributed by atoms with E-state index in [9.17, 15) is 23.6 Å². The van der Waals surface area contributed by atoms with Gasteiger partial charge in [0.1, 0.15) is 6.04 Å². The summed E-state index contributed by atoms with van der Waals surface area (Å²) in [6.45, 7) is 0. The normalized spacial score (nSPS) is 21.0. The fourth-order valence-corrected chi connectivity index (χ4v) is 2.63. The van der Waals surface area contributed by atoms with Gasteiger partial charge >= 0.3 is 0 Å². The lowest BCUT2D eigenvalue weighted by Gasteiger charge is -2.27. The highest BCUT2D eigenvalue weighted by Gasteiger charge is 2.45. The van der Waals surface area contributed by atoms with Gasteiger partial charge < -0.3 is 4.74 Å². The van der Waals surface area contributed by atoms with E-state index in [0.29, 0.717) is 0 Å². The van der Waals surface area contributed by atoms with E-state index in [1.807, 2.05) is 0 Å². The monoisotopic (exact) mass is 306 g/mol. The highest BCUT2D eigenvalue weighted by atomic mass is 19.1. The van der Waals surface area contributed by atoms with Gasteiger partial charge in [-0.25, -0.2) is 4.39 Å². The summed E-state index contributed by atoms with van der Waals surface area (Å²) in [6.07, 6.45) is 0.0806. The van der Waals surface area contributed by atoms with Gasteiger partial charge in [0.15, 0.2) is 11.6 Å². The van der Waals surface area contributed by atoms with Crippen molar-refractivity contribution in [3.05, 3.63) is 29.1 Å². The number of carbonyl (C=O) groups is 4. The minimum atomic E-state index is -1.07. The van der Waals surface area contributed by atoms with Crippen LogP contribution in [0.4, 0.5) is 4.39 Å². The summed E-state index contributed by atoms with van der Waals surface area (Å²) < 4.78 is 18.5. The summed E-state index contributed by atoms with van der Waals surface area (Å²) in [5.41, 5.74) is -0.138. The van der Waals surface area contributed by atoms with Crippen LogP contribution in [-0.4, -0.2) is 41.7 Å². The molecule has 1 N–H and O–H groups in total. The predicted octanol–water partition coefficient (Wildman–Crippen LogP) is 0.235. The van der Waals surface area contributed by atoms with Crippen molar-refractivity contribution in [2.45, 2.75) is 18.9 Å². The van der Waals surface area contributed by atoms with Crippen LogP contribution in [0.1, 0.15) is 33.6 Å². The van der Waals surface area contributed by atoms with Crippen LogP contribution in [-0.2, 0) is 9.59 Å². The lowest BCUT2D eigenvalue weighted by atomic mass is 10.0. The number of nitrogens with one attached hydrogen (secondary N) is 1. The van der Waals surface area contributed by atoms with Crippen LogP contribution < -0.4 is 10.1 Å². The number of halogens is 1. The molecule has 1 aromatic rings. The van der Waals surface area contributed by atoms with Crippen molar-refractivity contribution in [1.82, 2.24) is 10.2 Å². The number of ether oxygens (including phenoxy) is 1. The molecule has 1 aromatic carbocycles. The molecule has 1 unspecified atom stereocenters.